The Labute approximate surface area is 133 Å². The molecule has 0 bridgehead atoms. The lowest BCUT2D eigenvalue weighted by molar-refractivity contribution is 0.233. The van der Waals surface area contributed by atoms with Crippen LogP contribution in [0.3, 0.4) is 0 Å². The molecular weight excluding hydrogens is 303 g/mol. The van der Waals surface area contributed by atoms with Gasteiger partial charge in [-0.25, -0.2) is 9.18 Å². The van der Waals surface area contributed by atoms with E-state index in [2.05, 4.69) is 22.8 Å². The first-order chi connectivity index (χ1) is 10.6. The quantitative estimate of drug-likeness (QED) is 0.856. The van der Waals surface area contributed by atoms with E-state index in [1.165, 1.54) is 23.8 Å². The van der Waals surface area contributed by atoms with Crippen LogP contribution in [0.5, 0.6) is 0 Å². The standard InChI is InChI=1S/C17H16ClFN2O/c18-15-10-13(6-7-16(15)19)20-17(22)21-14-8-12(9-14)11-4-2-1-3-5-11/h1-7,10,12,14H,8-9H2,(H2,20,21,22). The van der Waals surface area contributed by atoms with E-state index in [4.69, 9.17) is 11.6 Å². The summed E-state index contributed by atoms with van der Waals surface area (Å²) in [6.07, 6.45) is 1.86. The molecule has 1 fully saturated rings. The summed E-state index contributed by atoms with van der Waals surface area (Å²) in [7, 11) is 0. The van der Waals surface area contributed by atoms with Crippen LogP contribution in [0.2, 0.25) is 5.02 Å². The van der Waals surface area contributed by atoms with Crippen LogP contribution in [0.25, 0.3) is 0 Å². The molecule has 2 aromatic carbocycles. The van der Waals surface area contributed by atoms with Crippen LogP contribution >= 0.6 is 11.6 Å². The fourth-order valence-corrected chi connectivity index (χ4v) is 2.84. The molecule has 0 saturated heterocycles. The number of carbonyl (C=O) groups excluding carboxylic acids is 1. The molecular formula is C17H16ClFN2O. The van der Waals surface area contributed by atoms with Crippen molar-refractivity contribution in [2.24, 2.45) is 0 Å². The van der Waals surface area contributed by atoms with Gasteiger partial charge in [-0.3, -0.25) is 0 Å². The molecule has 1 aliphatic carbocycles. The zero-order valence-corrected chi connectivity index (χ0v) is 12.6. The molecule has 3 rings (SSSR count). The lowest BCUT2D eigenvalue weighted by Gasteiger charge is -2.36. The molecule has 1 aliphatic rings. The zero-order chi connectivity index (χ0) is 15.5. The third kappa shape index (κ3) is 3.39. The molecule has 5 heteroatoms. The number of hydrogen-bond acceptors (Lipinski definition) is 1. The average molecular weight is 319 g/mol. The third-order valence-corrected chi connectivity index (χ3v) is 4.21. The minimum atomic E-state index is -0.502. The van der Waals surface area contributed by atoms with Crippen LogP contribution < -0.4 is 10.6 Å². The maximum absolute atomic E-state index is 13.1. The first kappa shape index (κ1) is 14.9. The molecule has 2 aromatic rings. The second kappa shape index (κ2) is 6.36. The van der Waals surface area contributed by atoms with Gasteiger partial charge in [0, 0.05) is 11.7 Å². The Morgan fingerprint density at radius 2 is 1.86 bits per heavy atom. The summed E-state index contributed by atoms with van der Waals surface area (Å²) in [4.78, 5) is 11.9. The topological polar surface area (TPSA) is 41.1 Å². The van der Waals surface area contributed by atoms with E-state index in [-0.39, 0.29) is 17.1 Å². The summed E-state index contributed by atoms with van der Waals surface area (Å²) in [5.41, 5.74) is 1.79. The second-order valence-corrected chi connectivity index (χ2v) is 5.91. The van der Waals surface area contributed by atoms with Crippen molar-refractivity contribution >= 4 is 23.3 Å². The van der Waals surface area contributed by atoms with Crippen molar-refractivity contribution in [2.75, 3.05) is 5.32 Å². The van der Waals surface area contributed by atoms with Crippen molar-refractivity contribution in [3.63, 3.8) is 0 Å². The maximum Gasteiger partial charge on any atom is 0.319 e. The third-order valence-electron chi connectivity index (χ3n) is 3.92. The number of rotatable bonds is 3. The SMILES string of the molecule is O=C(Nc1ccc(F)c(Cl)c1)NC1CC(c2ccccc2)C1. The van der Waals surface area contributed by atoms with Gasteiger partial charge in [0.1, 0.15) is 5.82 Å². The molecule has 0 heterocycles. The smallest absolute Gasteiger partial charge is 0.319 e. The van der Waals surface area contributed by atoms with Crippen molar-refractivity contribution in [2.45, 2.75) is 24.8 Å². The fourth-order valence-electron chi connectivity index (χ4n) is 2.66. The summed E-state index contributed by atoms with van der Waals surface area (Å²) in [5.74, 6) is 0.00378. The van der Waals surface area contributed by atoms with Crippen LogP contribution in [0.4, 0.5) is 14.9 Å². The van der Waals surface area contributed by atoms with E-state index in [0.29, 0.717) is 11.6 Å². The van der Waals surface area contributed by atoms with Crippen molar-refractivity contribution in [3.05, 3.63) is 64.9 Å². The molecule has 0 atom stereocenters. The van der Waals surface area contributed by atoms with Crippen molar-refractivity contribution < 1.29 is 9.18 Å². The van der Waals surface area contributed by atoms with Gasteiger partial charge in [0.25, 0.3) is 0 Å². The Balaban J connectivity index is 1.48. The highest BCUT2D eigenvalue weighted by atomic mass is 35.5. The molecule has 114 valence electrons. The predicted molar refractivity (Wildman–Crippen MR) is 85.8 cm³/mol. The normalized spacial score (nSPS) is 20.1. The molecule has 0 radical (unpaired) electrons. The van der Waals surface area contributed by atoms with Crippen molar-refractivity contribution in [1.29, 1.82) is 0 Å². The highest BCUT2D eigenvalue weighted by Gasteiger charge is 2.31. The number of amides is 2. The van der Waals surface area contributed by atoms with Crippen LogP contribution in [-0.2, 0) is 0 Å². The van der Waals surface area contributed by atoms with Crippen LogP contribution in [0.15, 0.2) is 48.5 Å². The Kier molecular flexibility index (Phi) is 4.29. The van der Waals surface area contributed by atoms with E-state index in [1.54, 1.807) is 0 Å². The molecule has 2 amide bonds. The van der Waals surface area contributed by atoms with Gasteiger partial charge in [-0.05, 0) is 42.5 Å². The summed E-state index contributed by atoms with van der Waals surface area (Å²) in [6, 6.07) is 14.3. The van der Waals surface area contributed by atoms with Gasteiger partial charge in [-0.15, -0.1) is 0 Å². The molecule has 0 unspecified atom stereocenters. The zero-order valence-electron chi connectivity index (χ0n) is 11.9. The average Bonchev–Trinajstić information content (AvgIpc) is 2.47. The summed E-state index contributed by atoms with van der Waals surface area (Å²) in [5, 5.41) is 5.57. The Morgan fingerprint density at radius 3 is 2.55 bits per heavy atom. The monoisotopic (exact) mass is 318 g/mol. The number of urea groups is 1. The summed E-state index contributed by atoms with van der Waals surface area (Å²) in [6.45, 7) is 0. The van der Waals surface area contributed by atoms with Gasteiger partial charge in [-0.2, -0.15) is 0 Å². The van der Waals surface area contributed by atoms with Gasteiger partial charge < -0.3 is 10.6 Å². The van der Waals surface area contributed by atoms with E-state index in [1.807, 2.05) is 18.2 Å². The highest BCUT2D eigenvalue weighted by Crippen LogP contribution is 2.36. The predicted octanol–water partition coefficient (Wildman–Crippen LogP) is 4.55. The molecule has 22 heavy (non-hydrogen) atoms. The Hall–Kier alpha value is -2.07. The van der Waals surface area contributed by atoms with Crippen LogP contribution in [0.1, 0.15) is 24.3 Å². The van der Waals surface area contributed by atoms with E-state index in [0.717, 1.165) is 12.8 Å². The molecule has 0 aromatic heterocycles. The number of nitrogens with one attached hydrogen (secondary N) is 2. The summed E-state index contributed by atoms with van der Waals surface area (Å²) < 4.78 is 13.1. The number of halogens is 2. The second-order valence-electron chi connectivity index (χ2n) is 5.50. The van der Waals surface area contributed by atoms with Crippen molar-refractivity contribution in [3.8, 4) is 0 Å². The van der Waals surface area contributed by atoms with Gasteiger partial charge in [0.05, 0.1) is 5.02 Å². The largest absolute Gasteiger partial charge is 0.335 e. The lowest BCUT2D eigenvalue weighted by Crippen LogP contribution is -2.45. The first-order valence-corrected chi connectivity index (χ1v) is 7.57. The van der Waals surface area contributed by atoms with Gasteiger partial charge >= 0.3 is 6.03 Å². The highest BCUT2D eigenvalue weighted by molar-refractivity contribution is 6.31. The van der Waals surface area contributed by atoms with E-state index in [9.17, 15) is 9.18 Å². The van der Waals surface area contributed by atoms with E-state index < -0.39 is 5.82 Å². The maximum atomic E-state index is 13.1. The molecule has 0 aliphatic heterocycles. The number of benzene rings is 2. The number of carbonyl (C=O) groups is 1. The van der Waals surface area contributed by atoms with Gasteiger partial charge in [0.2, 0.25) is 0 Å². The summed E-state index contributed by atoms with van der Waals surface area (Å²) >= 11 is 5.68. The van der Waals surface area contributed by atoms with E-state index >= 15 is 0 Å². The first-order valence-electron chi connectivity index (χ1n) is 7.19. The lowest BCUT2D eigenvalue weighted by atomic mass is 9.76. The fraction of sp³-hybridized carbons (Fsp3) is 0.235. The Morgan fingerprint density at radius 1 is 1.14 bits per heavy atom. The minimum absolute atomic E-state index is 0.00872. The minimum Gasteiger partial charge on any atom is -0.335 e. The van der Waals surface area contributed by atoms with Crippen molar-refractivity contribution in [1.82, 2.24) is 5.32 Å². The Bertz CT molecular complexity index is 672. The molecule has 1 saturated carbocycles. The molecule has 2 N–H and O–H groups in total. The van der Waals surface area contributed by atoms with Crippen LogP contribution in [-0.4, -0.2) is 12.1 Å². The number of hydrogen-bond donors (Lipinski definition) is 2. The number of anilines is 1. The molecule has 0 spiro atoms. The molecule has 3 nitrogen and oxygen atoms in total. The van der Waals surface area contributed by atoms with Gasteiger partial charge in [0.15, 0.2) is 0 Å². The van der Waals surface area contributed by atoms with Crippen LogP contribution in [0, 0.1) is 5.82 Å². The van der Waals surface area contributed by atoms with Gasteiger partial charge in [-0.1, -0.05) is 41.9 Å².